The molecule has 174 valence electrons. The number of nitrogens with zero attached hydrogens (tertiary/aromatic N) is 3. The molecule has 0 radical (unpaired) electrons. The van der Waals surface area contributed by atoms with Gasteiger partial charge in [0.15, 0.2) is 5.66 Å². The summed E-state index contributed by atoms with van der Waals surface area (Å²) in [6.07, 6.45) is 1.80. The minimum Gasteiger partial charge on any atom is -0.497 e. The number of carbonyl (C=O) groups excluding carboxylic acids is 1. The van der Waals surface area contributed by atoms with Crippen LogP contribution in [-0.4, -0.2) is 59.7 Å². The molecule has 2 aromatic carbocycles. The van der Waals surface area contributed by atoms with Crippen LogP contribution in [0.2, 0.25) is 0 Å². The number of piperidine rings is 1. The van der Waals surface area contributed by atoms with E-state index >= 15 is 0 Å². The van der Waals surface area contributed by atoms with Gasteiger partial charge in [-0.25, -0.2) is 4.99 Å². The third kappa shape index (κ3) is 5.31. The van der Waals surface area contributed by atoms with Gasteiger partial charge in [-0.15, -0.1) is 0 Å². The monoisotopic (exact) mass is 464 g/mol. The maximum atomic E-state index is 12.8. The molecule has 0 saturated carbocycles. The second kappa shape index (κ2) is 10.1. The van der Waals surface area contributed by atoms with Crippen molar-refractivity contribution in [3.8, 4) is 5.75 Å². The number of aryl methyl sites for hydroxylation is 1. The lowest BCUT2D eigenvalue weighted by molar-refractivity contribution is -0.113. The first-order valence-electron chi connectivity index (χ1n) is 11.5. The van der Waals surface area contributed by atoms with E-state index in [1.807, 2.05) is 56.3 Å². The number of carbonyl (C=O) groups is 1. The number of hydrogen-bond donors (Lipinski definition) is 1. The topological polar surface area (TPSA) is 66.3 Å². The van der Waals surface area contributed by atoms with Crippen molar-refractivity contribution in [2.75, 3.05) is 37.8 Å². The van der Waals surface area contributed by atoms with Crippen LogP contribution < -0.4 is 10.1 Å². The molecule has 0 atom stereocenters. The van der Waals surface area contributed by atoms with E-state index in [1.165, 1.54) is 11.8 Å². The summed E-state index contributed by atoms with van der Waals surface area (Å²) in [6.45, 7) is 9.30. The van der Waals surface area contributed by atoms with Gasteiger partial charge in [-0.3, -0.25) is 9.79 Å². The number of nitrogens with one attached hydrogen (secondary N) is 1. The van der Waals surface area contributed by atoms with E-state index in [4.69, 9.17) is 14.7 Å². The number of hydrogen-bond acceptors (Lipinski definition) is 6. The number of thioether (sulfide) groups is 1. The lowest BCUT2D eigenvalue weighted by atomic mass is 9.98. The maximum absolute atomic E-state index is 12.8. The summed E-state index contributed by atoms with van der Waals surface area (Å²) in [5.74, 6) is 1.06. The van der Waals surface area contributed by atoms with Crippen molar-refractivity contribution in [3.63, 3.8) is 0 Å². The Morgan fingerprint density at radius 3 is 2.52 bits per heavy atom. The average molecular weight is 465 g/mol. The van der Waals surface area contributed by atoms with Crippen molar-refractivity contribution < 1.29 is 9.53 Å². The highest BCUT2D eigenvalue weighted by molar-refractivity contribution is 8.16. The first kappa shape index (κ1) is 23.5. The van der Waals surface area contributed by atoms with Crippen molar-refractivity contribution in [3.05, 3.63) is 59.2 Å². The highest BCUT2D eigenvalue weighted by Crippen LogP contribution is 2.35. The summed E-state index contributed by atoms with van der Waals surface area (Å²) in [7, 11) is 1.66. The van der Waals surface area contributed by atoms with Crippen LogP contribution in [0.15, 0.2) is 52.4 Å². The Morgan fingerprint density at radius 2 is 1.85 bits per heavy atom. The van der Waals surface area contributed by atoms with Gasteiger partial charge in [0.1, 0.15) is 10.8 Å². The van der Waals surface area contributed by atoms with Crippen molar-refractivity contribution in [1.82, 2.24) is 4.90 Å². The lowest BCUT2D eigenvalue weighted by Crippen LogP contribution is -2.41. The van der Waals surface area contributed by atoms with E-state index in [0.29, 0.717) is 5.75 Å². The van der Waals surface area contributed by atoms with Crippen molar-refractivity contribution in [2.45, 2.75) is 39.3 Å². The predicted octanol–water partition coefficient (Wildman–Crippen LogP) is 4.70. The van der Waals surface area contributed by atoms with Crippen molar-refractivity contribution >= 4 is 34.1 Å². The van der Waals surface area contributed by atoms with Gasteiger partial charge < -0.3 is 15.0 Å². The Labute approximate surface area is 200 Å². The molecule has 2 heterocycles. The van der Waals surface area contributed by atoms with Gasteiger partial charge >= 0.3 is 0 Å². The Bertz CT molecular complexity index is 1070. The molecule has 2 aliphatic heterocycles. The molecule has 0 aromatic heterocycles. The summed E-state index contributed by atoms with van der Waals surface area (Å²) in [6, 6.07) is 13.9. The zero-order chi connectivity index (χ0) is 23.4. The normalized spacial score (nSPS) is 17.6. The molecule has 4 rings (SSSR count). The van der Waals surface area contributed by atoms with Gasteiger partial charge in [0.05, 0.1) is 18.6 Å². The van der Waals surface area contributed by atoms with E-state index in [9.17, 15) is 4.79 Å². The van der Waals surface area contributed by atoms with Gasteiger partial charge in [0, 0.05) is 37.2 Å². The van der Waals surface area contributed by atoms with E-state index in [0.717, 1.165) is 71.4 Å². The maximum Gasteiger partial charge on any atom is 0.234 e. The average Bonchev–Trinajstić information content (AvgIpc) is 3.19. The van der Waals surface area contributed by atoms with E-state index < -0.39 is 5.66 Å². The van der Waals surface area contributed by atoms with Crippen LogP contribution in [-0.2, 0) is 4.79 Å². The lowest BCUT2D eigenvalue weighted by Gasteiger charge is -2.34. The van der Waals surface area contributed by atoms with Gasteiger partial charge in [-0.2, -0.15) is 0 Å². The zero-order valence-corrected chi connectivity index (χ0v) is 20.7. The van der Waals surface area contributed by atoms with E-state index in [1.54, 1.807) is 7.11 Å². The number of likely N-dealkylation sites (tertiary alicyclic amines) is 1. The molecule has 2 aliphatic rings. The molecule has 1 N–H and O–H groups in total. The quantitative estimate of drug-likeness (QED) is 0.673. The summed E-state index contributed by atoms with van der Waals surface area (Å²) < 4.78 is 5.31. The third-order valence-corrected chi connectivity index (χ3v) is 7.48. The standard InChI is InChI=1S/C26H32N4O2S/c1-5-30-15-13-26(14-16-30)28-24(20-9-11-21(32-4)12-10-20)25(29-26)33-17-23(31)27-22-8-6-7-18(2)19(22)3/h6-12H,5,13-17H2,1-4H3,(H,27,31). The minimum absolute atomic E-state index is 0.0350. The van der Waals surface area contributed by atoms with Crippen molar-refractivity contribution in [1.29, 1.82) is 0 Å². The first-order chi connectivity index (χ1) is 15.9. The van der Waals surface area contributed by atoms with Crippen LogP contribution in [0, 0.1) is 13.8 Å². The molecule has 1 saturated heterocycles. The van der Waals surface area contributed by atoms with E-state index in [-0.39, 0.29) is 5.91 Å². The molecule has 2 aromatic rings. The van der Waals surface area contributed by atoms with Gasteiger partial charge in [0.2, 0.25) is 5.91 Å². The summed E-state index contributed by atoms with van der Waals surface area (Å²) in [4.78, 5) is 25.4. The molecule has 6 nitrogen and oxygen atoms in total. The van der Waals surface area contributed by atoms with Crippen molar-refractivity contribution in [2.24, 2.45) is 9.98 Å². The Hall–Kier alpha value is -2.64. The molecule has 1 amide bonds. The molecule has 33 heavy (non-hydrogen) atoms. The number of aliphatic imine (C=N–C) groups is 2. The Kier molecular flexibility index (Phi) is 7.20. The summed E-state index contributed by atoms with van der Waals surface area (Å²) >= 11 is 1.47. The summed E-state index contributed by atoms with van der Waals surface area (Å²) in [5, 5.41) is 3.90. The zero-order valence-electron chi connectivity index (χ0n) is 19.9. The number of benzene rings is 2. The van der Waals surface area contributed by atoms with Crippen LogP contribution in [0.4, 0.5) is 5.69 Å². The van der Waals surface area contributed by atoms with Crippen LogP contribution in [0.25, 0.3) is 0 Å². The van der Waals surface area contributed by atoms with Crippen LogP contribution in [0.5, 0.6) is 5.75 Å². The minimum atomic E-state index is -0.410. The third-order valence-electron chi connectivity index (χ3n) is 6.52. The summed E-state index contributed by atoms with van der Waals surface area (Å²) in [5.41, 5.74) is 4.60. The molecule has 0 unspecified atom stereocenters. The van der Waals surface area contributed by atoms with Crippen LogP contribution >= 0.6 is 11.8 Å². The molecular formula is C26H32N4O2S. The molecule has 0 aliphatic carbocycles. The van der Waals surface area contributed by atoms with Gasteiger partial charge in [-0.1, -0.05) is 30.8 Å². The number of methoxy groups -OCH3 is 1. The largest absolute Gasteiger partial charge is 0.497 e. The molecule has 7 heteroatoms. The number of anilines is 1. The molecule has 1 spiro atoms. The predicted molar refractivity (Wildman–Crippen MR) is 138 cm³/mol. The SMILES string of the molecule is CCN1CCC2(CC1)N=C(SCC(=O)Nc1cccc(C)c1C)C(c1ccc(OC)cc1)=N2. The fourth-order valence-corrected chi connectivity index (χ4v) is 5.09. The molecule has 0 bridgehead atoms. The number of rotatable bonds is 6. The highest BCUT2D eigenvalue weighted by atomic mass is 32.2. The van der Waals surface area contributed by atoms with E-state index in [2.05, 4.69) is 17.1 Å². The Balaban J connectivity index is 1.52. The van der Waals surface area contributed by atoms with Crippen LogP contribution in [0.1, 0.15) is 36.5 Å². The Morgan fingerprint density at radius 1 is 1.12 bits per heavy atom. The highest BCUT2D eigenvalue weighted by Gasteiger charge is 2.39. The smallest absolute Gasteiger partial charge is 0.234 e. The van der Waals surface area contributed by atoms with Gasteiger partial charge in [-0.05, 0) is 61.9 Å². The molecule has 1 fully saturated rings. The van der Waals surface area contributed by atoms with Crippen LogP contribution in [0.3, 0.4) is 0 Å². The fourth-order valence-electron chi connectivity index (χ4n) is 4.22. The second-order valence-corrected chi connectivity index (χ2v) is 9.57. The number of amides is 1. The number of ether oxygens (including phenoxy) is 1. The second-order valence-electron chi connectivity index (χ2n) is 8.61. The fraction of sp³-hybridized carbons (Fsp3) is 0.423. The molecular weight excluding hydrogens is 432 g/mol. The van der Waals surface area contributed by atoms with Gasteiger partial charge in [0.25, 0.3) is 0 Å². The first-order valence-corrected chi connectivity index (χ1v) is 12.5.